The minimum atomic E-state index is -0.376. The molecule has 1 rings (SSSR count). The van der Waals surface area contributed by atoms with E-state index in [1.807, 2.05) is 0 Å². The highest BCUT2D eigenvalue weighted by atomic mass is 19.2. The third-order valence-corrected chi connectivity index (χ3v) is 1.45. The second kappa shape index (κ2) is 4.54. The topological polar surface area (TPSA) is 21.6 Å². The van der Waals surface area contributed by atoms with Crippen LogP contribution in [0.25, 0.3) is 0 Å². The molecule has 0 aromatic heterocycles. The molecule has 0 aliphatic carbocycles. The van der Waals surface area contributed by atoms with Crippen LogP contribution in [-0.2, 0) is 4.74 Å². The van der Waals surface area contributed by atoms with Gasteiger partial charge in [-0.15, -0.1) is 0 Å². The van der Waals surface area contributed by atoms with Crippen molar-refractivity contribution in [3.8, 4) is 0 Å². The van der Waals surface area contributed by atoms with E-state index in [4.69, 9.17) is 4.74 Å². The number of benzene rings is 1. The van der Waals surface area contributed by atoms with E-state index >= 15 is 0 Å². The van der Waals surface area contributed by atoms with Crippen LogP contribution < -0.4 is 0 Å². The first-order chi connectivity index (χ1) is 6.27. The van der Waals surface area contributed by atoms with Gasteiger partial charge in [-0.2, -0.15) is 0 Å². The summed E-state index contributed by atoms with van der Waals surface area (Å²) in [6.45, 7) is 2.04. The van der Waals surface area contributed by atoms with Crippen molar-refractivity contribution in [2.24, 2.45) is 5.21 Å². The van der Waals surface area contributed by atoms with Crippen molar-refractivity contribution in [1.82, 2.24) is 0 Å². The molecule has 1 aromatic rings. The lowest BCUT2D eigenvalue weighted by atomic mass is 10.2. The zero-order valence-electron chi connectivity index (χ0n) is 7.13. The second-order valence-corrected chi connectivity index (χ2v) is 2.33. The second-order valence-electron chi connectivity index (χ2n) is 2.33. The van der Waals surface area contributed by atoms with Crippen LogP contribution in [0.2, 0.25) is 0 Å². The van der Waals surface area contributed by atoms with Gasteiger partial charge in [0, 0.05) is 5.56 Å². The van der Waals surface area contributed by atoms with Gasteiger partial charge in [-0.05, 0) is 36.4 Å². The van der Waals surface area contributed by atoms with Crippen LogP contribution in [0.15, 0.2) is 29.5 Å². The maximum absolute atomic E-state index is 12.5. The maximum Gasteiger partial charge on any atom is 0.251 e. The molecule has 0 fully saturated rings. The lowest BCUT2D eigenvalue weighted by molar-refractivity contribution is 0.314. The molecule has 0 bridgehead atoms. The van der Waals surface area contributed by atoms with Crippen LogP contribution in [0.1, 0.15) is 12.5 Å². The van der Waals surface area contributed by atoms with E-state index in [0.717, 1.165) is 0 Å². The Morgan fingerprint density at radius 1 is 1.38 bits per heavy atom. The molecule has 4 heteroatoms. The van der Waals surface area contributed by atoms with Crippen LogP contribution in [0.5, 0.6) is 0 Å². The zero-order chi connectivity index (χ0) is 9.68. The van der Waals surface area contributed by atoms with Crippen molar-refractivity contribution in [2.45, 2.75) is 6.92 Å². The summed E-state index contributed by atoms with van der Waals surface area (Å²) in [5, 5.41) is 2.45. The first-order valence-electron chi connectivity index (χ1n) is 3.85. The van der Waals surface area contributed by atoms with Gasteiger partial charge in [-0.1, -0.05) is 4.48 Å². The minimum Gasteiger partial charge on any atom is -0.476 e. The first kappa shape index (κ1) is 9.64. The average Bonchev–Trinajstić information content (AvgIpc) is 2.16. The molecule has 0 saturated heterocycles. The first-order valence-corrected chi connectivity index (χ1v) is 3.85. The third kappa shape index (κ3) is 2.50. The molecule has 0 saturated carbocycles. The summed E-state index contributed by atoms with van der Waals surface area (Å²) < 4.78 is 29.3. The Hall–Kier alpha value is -1.45. The van der Waals surface area contributed by atoms with Gasteiger partial charge in [0.05, 0.1) is 6.61 Å². The molecule has 0 aliphatic heterocycles. The fourth-order valence-electron chi connectivity index (χ4n) is 0.886. The fraction of sp³-hybridized carbons (Fsp3) is 0.222. The summed E-state index contributed by atoms with van der Waals surface area (Å²) in [5.41, 5.74) is 0.422. The van der Waals surface area contributed by atoms with Crippen molar-refractivity contribution in [1.29, 1.82) is 0 Å². The van der Waals surface area contributed by atoms with Gasteiger partial charge >= 0.3 is 0 Å². The van der Waals surface area contributed by atoms with Crippen LogP contribution in [0, 0.1) is 5.82 Å². The van der Waals surface area contributed by atoms with Crippen molar-refractivity contribution >= 4 is 5.90 Å². The normalized spacial score (nSPS) is 11.5. The molecule has 0 radical (unpaired) electrons. The molecule has 70 valence electrons. The SMILES string of the molecule is CCOC(=NF)c1ccc(F)cc1. The predicted octanol–water partition coefficient (Wildman–Crippen LogP) is 2.49. The van der Waals surface area contributed by atoms with Gasteiger partial charge in [0.2, 0.25) is 0 Å². The molecule has 0 N–H and O–H groups in total. The van der Waals surface area contributed by atoms with E-state index in [0.29, 0.717) is 12.2 Å². The Morgan fingerprint density at radius 2 is 2.00 bits per heavy atom. The highest BCUT2D eigenvalue weighted by molar-refractivity contribution is 5.93. The van der Waals surface area contributed by atoms with E-state index in [1.165, 1.54) is 24.3 Å². The summed E-state index contributed by atoms with van der Waals surface area (Å²) in [5.74, 6) is -0.499. The minimum absolute atomic E-state index is 0.123. The van der Waals surface area contributed by atoms with Crippen LogP contribution in [0.3, 0.4) is 0 Å². The third-order valence-electron chi connectivity index (χ3n) is 1.45. The summed E-state index contributed by atoms with van der Waals surface area (Å²) >= 11 is 0. The Balaban J connectivity index is 2.87. The smallest absolute Gasteiger partial charge is 0.251 e. The van der Waals surface area contributed by atoms with Crippen LogP contribution in [-0.4, -0.2) is 12.5 Å². The summed E-state index contributed by atoms with van der Waals surface area (Å²) in [4.78, 5) is 0. The molecule has 13 heavy (non-hydrogen) atoms. The molecule has 0 spiro atoms. The number of ether oxygens (including phenoxy) is 1. The molecule has 1 aromatic carbocycles. The molecule has 0 atom stereocenters. The van der Waals surface area contributed by atoms with Crippen molar-refractivity contribution in [3.05, 3.63) is 35.6 Å². The van der Waals surface area contributed by atoms with Crippen molar-refractivity contribution in [2.75, 3.05) is 6.61 Å². The Bertz CT molecular complexity index is 295. The van der Waals surface area contributed by atoms with Gasteiger partial charge in [0.1, 0.15) is 5.82 Å². The van der Waals surface area contributed by atoms with E-state index in [9.17, 15) is 8.87 Å². The van der Waals surface area contributed by atoms with E-state index in [-0.39, 0.29) is 11.7 Å². The summed E-state index contributed by atoms with van der Waals surface area (Å²) in [6, 6.07) is 5.26. The lowest BCUT2D eigenvalue weighted by Crippen LogP contribution is -2.05. The van der Waals surface area contributed by atoms with Crippen molar-refractivity contribution < 1.29 is 13.6 Å². The lowest BCUT2D eigenvalue weighted by Gasteiger charge is -2.03. The fourth-order valence-corrected chi connectivity index (χ4v) is 0.886. The molecule has 0 unspecified atom stereocenters. The highest BCUT2D eigenvalue weighted by Crippen LogP contribution is 2.05. The van der Waals surface area contributed by atoms with E-state index in [1.54, 1.807) is 6.92 Å². The van der Waals surface area contributed by atoms with Gasteiger partial charge in [-0.25, -0.2) is 4.39 Å². The number of halogens is 2. The molecule has 2 nitrogen and oxygen atoms in total. The molecule has 0 heterocycles. The monoisotopic (exact) mass is 185 g/mol. The Morgan fingerprint density at radius 3 is 2.46 bits per heavy atom. The number of hydrogen-bond donors (Lipinski definition) is 0. The van der Waals surface area contributed by atoms with Crippen molar-refractivity contribution in [3.63, 3.8) is 0 Å². The Kier molecular flexibility index (Phi) is 3.37. The van der Waals surface area contributed by atoms with Gasteiger partial charge < -0.3 is 4.74 Å². The average molecular weight is 185 g/mol. The standard InChI is InChI=1S/C9H9F2NO/c1-2-13-9(12-11)7-3-5-8(10)6-4-7/h3-6H,2H2,1H3. The number of rotatable bonds is 2. The molecule has 0 amide bonds. The summed E-state index contributed by atoms with van der Waals surface area (Å²) in [7, 11) is 0. The Labute approximate surface area is 74.8 Å². The molecule has 0 aliphatic rings. The van der Waals surface area contributed by atoms with Crippen LogP contribution >= 0.6 is 0 Å². The van der Waals surface area contributed by atoms with Gasteiger partial charge in [-0.3, -0.25) is 0 Å². The predicted molar refractivity (Wildman–Crippen MR) is 45.7 cm³/mol. The highest BCUT2D eigenvalue weighted by Gasteiger charge is 2.04. The maximum atomic E-state index is 12.5. The quantitative estimate of drug-likeness (QED) is 0.512. The summed E-state index contributed by atoms with van der Waals surface area (Å²) in [6.07, 6.45) is 0. The number of nitrogens with zero attached hydrogens (tertiary/aromatic N) is 1. The van der Waals surface area contributed by atoms with Crippen LogP contribution in [0.4, 0.5) is 8.87 Å². The van der Waals surface area contributed by atoms with Gasteiger partial charge in [0.15, 0.2) is 0 Å². The largest absolute Gasteiger partial charge is 0.476 e. The zero-order valence-corrected chi connectivity index (χ0v) is 7.13. The van der Waals surface area contributed by atoms with E-state index in [2.05, 4.69) is 5.21 Å². The number of hydrogen-bond acceptors (Lipinski definition) is 2. The molecular formula is C9H9F2NO. The van der Waals surface area contributed by atoms with Gasteiger partial charge in [0.25, 0.3) is 5.90 Å². The molecular weight excluding hydrogens is 176 g/mol. The van der Waals surface area contributed by atoms with E-state index < -0.39 is 0 Å².